The molecule has 108 valence electrons. The van der Waals surface area contributed by atoms with E-state index in [-0.39, 0.29) is 24.4 Å². The molecule has 0 aliphatic carbocycles. The molecule has 0 aliphatic rings. The van der Waals surface area contributed by atoms with Gasteiger partial charge in [0, 0.05) is 22.5 Å². The van der Waals surface area contributed by atoms with Crippen molar-refractivity contribution in [3.05, 3.63) is 28.8 Å². The number of hydrogen-bond acceptors (Lipinski definition) is 3. The molecule has 19 heavy (non-hydrogen) atoms. The number of carbonyl (C=O) groups is 1. The van der Waals surface area contributed by atoms with E-state index in [9.17, 15) is 4.79 Å². The normalized spacial score (nSPS) is 11.6. The number of carbonyl (C=O) groups excluding carboxylic acids is 1. The van der Waals surface area contributed by atoms with Gasteiger partial charge in [-0.15, -0.1) is 24.2 Å². The molecule has 1 aromatic carbocycles. The van der Waals surface area contributed by atoms with Crippen LogP contribution < -0.4 is 11.1 Å². The Bertz CT molecular complexity index is 414. The van der Waals surface area contributed by atoms with Crippen molar-refractivity contribution in [2.75, 3.05) is 12.3 Å². The van der Waals surface area contributed by atoms with Crippen molar-refractivity contribution in [3.63, 3.8) is 0 Å². The van der Waals surface area contributed by atoms with Gasteiger partial charge in [0.1, 0.15) is 0 Å². The van der Waals surface area contributed by atoms with Gasteiger partial charge in [-0.2, -0.15) is 0 Å². The standard InChI is InChI=1S/C13H19ClN2OS.ClH/c1-3-18-12-5-4-10(14)8-11(12)13(17)16-7-6-9(2)15;/h4-5,8-9H,3,6-7,15H2,1-2H3,(H,16,17);1H. The lowest BCUT2D eigenvalue weighted by molar-refractivity contribution is 0.0950. The Morgan fingerprint density at radius 1 is 1.53 bits per heavy atom. The Labute approximate surface area is 130 Å². The van der Waals surface area contributed by atoms with Gasteiger partial charge in [0.2, 0.25) is 0 Å². The molecule has 0 bridgehead atoms. The quantitative estimate of drug-likeness (QED) is 0.790. The SMILES string of the molecule is CCSc1ccc(Cl)cc1C(=O)NCCC(C)N.Cl. The van der Waals surface area contributed by atoms with Crippen LogP contribution in [0.4, 0.5) is 0 Å². The summed E-state index contributed by atoms with van der Waals surface area (Å²) in [6.07, 6.45) is 0.766. The van der Waals surface area contributed by atoms with Gasteiger partial charge in [-0.05, 0) is 37.3 Å². The van der Waals surface area contributed by atoms with Crippen molar-refractivity contribution >= 4 is 41.7 Å². The highest BCUT2D eigenvalue weighted by Crippen LogP contribution is 2.25. The molecule has 1 rings (SSSR count). The zero-order chi connectivity index (χ0) is 13.5. The third-order valence-corrected chi connectivity index (χ3v) is 3.56. The minimum Gasteiger partial charge on any atom is -0.352 e. The second kappa shape index (κ2) is 9.48. The molecule has 0 fully saturated rings. The Morgan fingerprint density at radius 2 is 2.21 bits per heavy atom. The fraction of sp³-hybridized carbons (Fsp3) is 0.462. The smallest absolute Gasteiger partial charge is 0.252 e. The Kier molecular flexibility index (Phi) is 9.27. The second-order valence-electron chi connectivity index (χ2n) is 4.10. The first-order valence-electron chi connectivity index (χ1n) is 6.00. The molecular weight excluding hydrogens is 303 g/mol. The molecule has 3 N–H and O–H groups in total. The summed E-state index contributed by atoms with van der Waals surface area (Å²) in [6.45, 7) is 4.56. The topological polar surface area (TPSA) is 55.1 Å². The number of thioether (sulfide) groups is 1. The molecule has 0 aliphatic heterocycles. The molecule has 0 radical (unpaired) electrons. The van der Waals surface area contributed by atoms with E-state index in [1.807, 2.05) is 13.0 Å². The van der Waals surface area contributed by atoms with Crippen molar-refractivity contribution in [3.8, 4) is 0 Å². The maximum Gasteiger partial charge on any atom is 0.252 e. The maximum atomic E-state index is 12.1. The minimum atomic E-state index is -0.0888. The molecule has 1 unspecified atom stereocenters. The molecule has 1 amide bonds. The van der Waals surface area contributed by atoms with Gasteiger partial charge in [-0.3, -0.25) is 4.79 Å². The van der Waals surface area contributed by atoms with Crippen molar-refractivity contribution in [1.29, 1.82) is 0 Å². The number of hydrogen-bond donors (Lipinski definition) is 2. The van der Waals surface area contributed by atoms with Gasteiger partial charge in [-0.25, -0.2) is 0 Å². The third-order valence-electron chi connectivity index (χ3n) is 2.37. The highest BCUT2D eigenvalue weighted by Gasteiger charge is 2.11. The van der Waals surface area contributed by atoms with E-state index in [0.717, 1.165) is 17.1 Å². The van der Waals surface area contributed by atoms with Crippen molar-refractivity contribution < 1.29 is 4.79 Å². The zero-order valence-corrected chi connectivity index (χ0v) is 13.5. The van der Waals surface area contributed by atoms with E-state index in [1.54, 1.807) is 23.9 Å². The highest BCUT2D eigenvalue weighted by molar-refractivity contribution is 7.99. The van der Waals surface area contributed by atoms with Crippen LogP contribution >= 0.6 is 35.8 Å². The summed E-state index contributed by atoms with van der Waals surface area (Å²) in [5.74, 6) is 0.830. The molecule has 0 saturated carbocycles. The lowest BCUT2D eigenvalue weighted by Gasteiger charge is -2.10. The molecule has 6 heteroatoms. The van der Waals surface area contributed by atoms with E-state index < -0.39 is 0 Å². The van der Waals surface area contributed by atoms with Crippen LogP contribution in [0.15, 0.2) is 23.1 Å². The Balaban J connectivity index is 0.00000324. The second-order valence-corrected chi connectivity index (χ2v) is 5.84. The summed E-state index contributed by atoms with van der Waals surface area (Å²) in [5, 5.41) is 3.44. The van der Waals surface area contributed by atoms with E-state index in [4.69, 9.17) is 17.3 Å². The summed E-state index contributed by atoms with van der Waals surface area (Å²) in [4.78, 5) is 13.0. The average molecular weight is 323 g/mol. The molecule has 0 heterocycles. The largest absolute Gasteiger partial charge is 0.352 e. The predicted molar refractivity (Wildman–Crippen MR) is 85.7 cm³/mol. The predicted octanol–water partition coefficient (Wildman–Crippen LogP) is 3.34. The number of nitrogens with one attached hydrogen (secondary N) is 1. The van der Waals surface area contributed by atoms with Crippen molar-refractivity contribution in [1.82, 2.24) is 5.32 Å². The van der Waals surface area contributed by atoms with Gasteiger partial charge >= 0.3 is 0 Å². The van der Waals surface area contributed by atoms with Crippen molar-refractivity contribution in [2.24, 2.45) is 5.73 Å². The van der Waals surface area contributed by atoms with Crippen molar-refractivity contribution in [2.45, 2.75) is 31.2 Å². The third kappa shape index (κ3) is 6.52. The van der Waals surface area contributed by atoms with Crippen LogP contribution in [-0.2, 0) is 0 Å². The van der Waals surface area contributed by atoms with Crippen LogP contribution in [0.25, 0.3) is 0 Å². The number of amides is 1. The van der Waals surface area contributed by atoms with Crippen LogP contribution in [0.3, 0.4) is 0 Å². The first-order chi connectivity index (χ1) is 8.54. The zero-order valence-electron chi connectivity index (χ0n) is 11.1. The summed E-state index contributed by atoms with van der Waals surface area (Å²) in [7, 11) is 0. The number of halogens is 2. The molecule has 3 nitrogen and oxygen atoms in total. The average Bonchev–Trinajstić information content (AvgIpc) is 2.31. The van der Waals surface area contributed by atoms with E-state index in [2.05, 4.69) is 12.2 Å². The van der Waals surface area contributed by atoms with Crippen LogP contribution in [0, 0.1) is 0 Å². The Hall–Kier alpha value is -0.420. The molecular formula is C13H20Cl2N2OS. The highest BCUT2D eigenvalue weighted by atomic mass is 35.5. The van der Waals surface area contributed by atoms with Crippen LogP contribution in [0.5, 0.6) is 0 Å². The molecule has 0 saturated heterocycles. The molecule has 1 atom stereocenters. The van der Waals surface area contributed by atoms with Gasteiger partial charge < -0.3 is 11.1 Å². The summed E-state index contributed by atoms with van der Waals surface area (Å²) in [5.41, 5.74) is 6.28. The fourth-order valence-corrected chi connectivity index (χ4v) is 2.42. The molecule has 1 aromatic rings. The Morgan fingerprint density at radius 3 is 2.79 bits per heavy atom. The van der Waals surface area contributed by atoms with E-state index in [0.29, 0.717) is 17.1 Å². The monoisotopic (exact) mass is 322 g/mol. The van der Waals surface area contributed by atoms with Crippen LogP contribution in [0.1, 0.15) is 30.6 Å². The molecule has 0 aromatic heterocycles. The first-order valence-corrected chi connectivity index (χ1v) is 7.37. The van der Waals surface area contributed by atoms with Crippen LogP contribution in [0.2, 0.25) is 5.02 Å². The summed E-state index contributed by atoms with van der Waals surface area (Å²) >= 11 is 7.57. The van der Waals surface area contributed by atoms with Gasteiger partial charge in [0.25, 0.3) is 5.91 Å². The number of rotatable bonds is 6. The molecule has 0 spiro atoms. The lowest BCUT2D eigenvalue weighted by Crippen LogP contribution is -2.29. The summed E-state index contributed by atoms with van der Waals surface area (Å²) < 4.78 is 0. The van der Waals surface area contributed by atoms with E-state index in [1.165, 1.54) is 0 Å². The first kappa shape index (κ1) is 18.6. The number of nitrogens with two attached hydrogens (primary N) is 1. The maximum absolute atomic E-state index is 12.1. The van der Waals surface area contributed by atoms with Crippen LogP contribution in [-0.4, -0.2) is 24.2 Å². The van der Waals surface area contributed by atoms with Gasteiger partial charge in [0.15, 0.2) is 0 Å². The van der Waals surface area contributed by atoms with E-state index >= 15 is 0 Å². The van der Waals surface area contributed by atoms with Gasteiger partial charge in [-0.1, -0.05) is 18.5 Å². The summed E-state index contributed by atoms with van der Waals surface area (Å²) in [6, 6.07) is 5.49. The fourth-order valence-electron chi connectivity index (χ4n) is 1.47. The van der Waals surface area contributed by atoms with Gasteiger partial charge in [0.05, 0.1) is 5.56 Å². The number of benzene rings is 1. The lowest BCUT2D eigenvalue weighted by atomic mass is 10.2. The minimum absolute atomic E-state index is 0.